The van der Waals surface area contributed by atoms with Gasteiger partial charge in [-0.1, -0.05) is 25.5 Å². The fourth-order valence-corrected chi connectivity index (χ4v) is 5.63. The Labute approximate surface area is 212 Å². The Hall–Kier alpha value is -2.28. The van der Waals surface area contributed by atoms with Gasteiger partial charge in [0.1, 0.15) is 11.9 Å². The number of piperidine rings is 1. The van der Waals surface area contributed by atoms with E-state index in [0.29, 0.717) is 6.10 Å². The molecule has 5 nitrogen and oxygen atoms in total. The fourth-order valence-electron chi connectivity index (χ4n) is 4.78. The van der Waals surface area contributed by atoms with E-state index in [1.165, 1.54) is 27.2 Å². The second-order valence-electron chi connectivity index (χ2n) is 9.07. The van der Waals surface area contributed by atoms with Crippen LogP contribution in [0.4, 0.5) is 0 Å². The minimum atomic E-state index is 0. The summed E-state index contributed by atoms with van der Waals surface area (Å²) in [5.74, 6) is 2.09. The van der Waals surface area contributed by atoms with E-state index in [-0.39, 0.29) is 12.4 Å². The normalized spacial score (nSPS) is 14.4. The van der Waals surface area contributed by atoms with Gasteiger partial charge >= 0.3 is 0 Å². The molecule has 0 unspecified atom stereocenters. The van der Waals surface area contributed by atoms with Gasteiger partial charge in [0.05, 0.1) is 21.6 Å². The second kappa shape index (κ2) is 11.4. The zero-order valence-electron chi connectivity index (χ0n) is 20.1. The third kappa shape index (κ3) is 5.51. The Morgan fingerprint density at radius 3 is 2.65 bits per heavy atom. The zero-order valence-corrected chi connectivity index (χ0v) is 21.8. The molecule has 0 atom stereocenters. The molecular formula is C27H35ClN4OS. The van der Waals surface area contributed by atoms with Crippen LogP contribution in [0.25, 0.3) is 21.7 Å². The van der Waals surface area contributed by atoms with Crippen molar-refractivity contribution in [3.05, 3.63) is 59.2 Å². The maximum Gasteiger partial charge on any atom is 0.156 e. The number of hydrogen-bond donors (Lipinski definition) is 1. The summed E-state index contributed by atoms with van der Waals surface area (Å²) >= 11 is 1.80. The summed E-state index contributed by atoms with van der Waals surface area (Å²) in [7, 11) is 2.15. The van der Waals surface area contributed by atoms with Crippen molar-refractivity contribution in [3.63, 3.8) is 0 Å². The lowest BCUT2D eigenvalue weighted by Gasteiger charge is -2.23. The molecule has 3 aromatic heterocycles. The van der Waals surface area contributed by atoms with Gasteiger partial charge in [0.25, 0.3) is 0 Å². The van der Waals surface area contributed by atoms with Crippen molar-refractivity contribution in [1.82, 2.24) is 19.4 Å². The number of nitrogens with zero attached hydrogens (tertiary/aromatic N) is 3. The molecule has 0 aliphatic carbocycles. The number of nitrogens with one attached hydrogen (secondary N) is 1. The number of ether oxygens (including phenoxy) is 1. The average molecular weight is 499 g/mol. The third-order valence-corrected chi connectivity index (χ3v) is 7.46. The number of aryl methyl sites for hydroxylation is 4. The van der Waals surface area contributed by atoms with E-state index in [2.05, 4.69) is 76.4 Å². The first-order valence-corrected chi connectivity index (χ1v) is 13.1. The van der Waals surface area contributed by atoms with E-state index in [9.17, 15) is 0 Å². The molecule has 1 aromatic carbocycles. The molecule has 0 amide bonds. The highest BCUT2D eigenvalue weighted by atomic mass is 35.5. The van der Waals surface area contributed by atoms with Gasteiger partial charge < -0.3 is 19.2 Å². The standard InChI is InChI=1S/C27H34N4OS.ClH/c1-3-5-21-19-31(27(29-21)25-18-26-24(30(25)2)13-17-33-26)16-4-6-20-7-9-22(10-8-20)32-23-11-14-28-15-12-23;/h7-10,13,17-19,23,28H,3-6,11-12,14-16H2,1-2H3;1H. The molecule has 1 N–H and O–H groups in total. The minimum Gasteiger partial charge on any atom is -0.490 e. The average Bonchev–Trinajstić information content (AvgIpc) is 3.53. The number of aromatic nitrogens is 3. The largest absolute Gasteiger partial charge is 0.490 e. The Kier molecular flexibility index (Phi) is 8.35. The van der Waals surface area contributed by atoms with Crippen LogP contribution in [-0.2, 0) is 26.4 Å². The first-order valence-electron chi connectivity index (χ1n) is 12.3. The van der Waals surface area contributed by atoms with E-state index in [4.69, 9.17) is 9.72 Å². The van der Waals surface area contributed by atoms with Crippen molar-refractivity contribution in [1.29, 1.82) is 0 Å². The highest BCUT2D eigenvalue weighted by Gasteiger charge is 2.16. The summed E-state index contributed by atoms with van der Waals surface area (Å²) < 4.78 is 12.1. The van der Waals surface area contributed by atoms with Crippen LogP contribution in [-0.4, -0.2) is 33.3 Å². The number of rotatable bonds is 9. The molecule has 1 saturated heterocycles. The predicted octanol–water partition coefficient (Wildman–Crippen LogP) is 6.24. The Morgan fingerprint density at radius 2 is 1.91 bits per heavy atom. The third-order valence-electron chi connectivity index (χ3n) is 6.60. The van der Waals surface area contributed by atoms with Crippen LogP contribution in [0.3, 0.4) is 0 Å². The molecule has 34 heavy (non-hydrogen) atoms. The van der Waals surface area contributed by atoms with E-state index >= 15 is 0 Å². The number of thiophene rings is 1. The lowest BCUT2D eigenvalue weighted by atomic mass is 10.1. The smallest absolute Gasteiger partial charge is 0.156 e. The minimum absolute atomic E-state index is 0. The van der Waals surface area contributed by atoms with Crippen LogP contribution in [0.5, 0.6) is 5.75 Å². The second-order valence-corrected chi connectivity index (χ2v) is 10.0. The molecule has 182 valence electrons. The molecule has 7 heteroatoms. The summed E-state index contributed by atoms with van der Waals surface area (Å²) in [6.07, 6.45) is 9.07. The van der Waals surface area contributed by atoms with Crippen molar-refractivity contribution in [3.8, 4) is 17.3 Å². The highest BCUT2D eigenvalue weighted by molar-refractivity contribution is 7.17. The summed E-state index contributed by atoms with van der Waals surface area (Å²) in [5.41, 5.74) is 5.05. The van der Waals surface area contributed by atoms with Crippen molar-refractivity contribution in [2.75, 3.05) is 13.1 Å². The summed E-state index contributed by atoms with van der Waals surface area (Å²) in [5, 5.41) is 5.55. The molecular weight excluding hydrogens is 464 g/mol. The van der Waals surface area contributed by atoms with Crippen molar-refractivity contribution in [2.45, 2.75) is 58.1 Å². The van der Waals surface area contributed by atoms with Crippen LogP contribution in [0.15, 0.2) is 48.0 Å². The van der Waals surface area contributed by atoms with E-state index in [1.54, 1.807) is 11.3 Å². The van der Waals surface area contributed by atoms with Gasteiger partial charge in [-0.3, -0.25) is 0 Å². The number of hydrogen-bond acceptors (Lipinski definition) is 4. The highest BCUT2D eigenvalue weighted by Crippen LogP contribution is 2.30. The molecule has 0 bridgehead atoms. The van der Waals surface area contributed by atoms with E-state index in [1.807, 2.05) is 0 Å². The van der Waals surface area contributed by atoms with Crippen molar-refractivity contribution in [2.24, 2.45) is 7.05 Å². The number of fused-ring (bicyclic) bond motifs is 1. The lowest BCUT2D eigenvalue weighted by Crippen LogP contribution is -2.34. The van der Waals surface area contributed by atoms with Crippen LogP contribution in [0.2, 0.25) is 0 Å². The first-order chi connectivity index (χ1) is 16.2. The van der Waals surface area contributed by atoms with Gasteiger partial charge in [-0.25, -0.2) is 4.98 Å². The van der Waals surface area contributed by atoms with Crippen LogP contribution >= 0.6 is 23.7 Å². The predicted molar refractivity (Wildman–Crippen MR) is 145 cm³/mol. The lowest BCUT2D eigenvalue weighted by molar-refractivity contribution is 0.162. The van der Waals surface area contributed by atoms with Gasteiger partial charge in [-0.05, 0) is 80.4 Å². The van der Waals surface area contributed by atoms with E-state index < -0.39 is 0 Å². The van der Waals surface area contributed by atoms with Crippen LogP contribution in [0.1, 0.15) is 43.9 Å². The molecule has 0 radical (unpaired) electrons. The van der Waals surface area contributed by atoms with Crippen LogP contribution < -0.4 is 10.1 Å². The maximum absolute atomic E-state index is 6.15. The number of imidazole rings is 1. The maximum atomic E-state index is 6.15. The topological polar surface area (TPSA) is 44.0 Å². The van der Waals surface area contributed by atoms with Crippen molar-refractivity contribution >= 4 is 34.0 Å². The molecule has 1 aliphatic heterocycles. The number of benzene rings is 1. The van der Waals surface area contributed by atoms with Crippen LogP contribution in [0, 0.1) is 0 Å². The summed E-state index contributed by atoms with van der Waals surface area (Å²) in [6, 6.07) is 13.2. The quantitative estimate of drug-likeness (QED) is 0.297. The molecule has 4 aromatic rings. The van der Waals surface area contributed by atoms with Gasteiger partial charge in [0, 0.05) is 19.8 Å². The summed E-state index contributed by atoms with van der Waals surface area (Å²) in [6.45, 7) is 5.30. The zero-order chi connectivity index (χ0) is 22.6. The van der Waals surface area contributed by atoms with Gasteiger partial charge in [0.2, 0.25) is 0 Å². The molecule has 4 heterocycles. The Bertz CT molecular complexity index is 1190. The van der Waals surface area contributed by atoms with Gasteiger partial charge in [-0.15, -0.1) is 23.7 Å². The molecule has 1 fully saturated rings. The molecule has 0 saturated carbocycles. The molecule has 5 rings (SSSR count). The van der Waals surface area contributed by atoms with Gasteiger partial charge in [0.15, 0.2) is 5.82 Å². The Morgan fingerprint density at radius 1 is 1.12 bits per heavy atom. The van der Waals surface area contributed by atoms with Crippen molar-refractivity contribution < 1.29 is 4.74 Å². The van der Waals surface area contributed by atoms with Gasteiger partial charge in [-0.2, -0.15) is 0 Å². The molecule has 1 aliphatic rings. The SMILES string of the molecule is CCCc1cn(CCCc2ccc(OC3CCNCC3)cc2)c(-c2cc3sccc3n2C)n1.Cl. The Balaban J connectivity index is 0.00000274. The fraction of sp³-hybridized carbons (Fsp3) is 0.444. The van der Waals surface area contributed by atoms with E-state index in [0.717, 1.165) is 69.7 Å². The first kappa shape index (κ1) is 24.8. The molecule has 0 spiro atoms. The number of halogens is 1. The monoisotopic (exact) mass is 498 g/mol. The summed E-state index contributed by atoms with van der Waals surface area (Å²) in [4.78, 5) is 5.02.